The second kappa shape index (κ2) is 2.87. The van der Waals surface area contributed by atoms with Crippen LogP contribution in [0.15, 0.2) is 0 Å². The van der Waals surface area contributed by atoms with Gasteiger partial charge in [0, 0.05) is 0 Å². The summed E-state index contributed by atoms with van der Waals surface area (Å²) in [7, 11) is -8.71. The van der Waals surface area contributed by atoms with Gasteiger partial charge < -0.3 is 27.5 Å². The molecule has 52 valence electrons. The molecule has 1 heterocycles. The van der Waals surface area contributed by atoms with E-state index >= 15 is 0 Å². The first kappa shape index (κ1) is 8.00. The summed E-state index contributed by atoms with van der Waals surface area (Å²) < 4.78 is 48.2. The normalized spacial score (nSPS) is 20.4. The number of rotatable bonds is 0. The van der Waals surface area contributed by atoms with Crippen molar-refractivity contribution in [2.75, 3.05) is 0 Å². The fourth-order valence-electron chi connectivity index (χ4n) is 0.642. The quantitative estimate of drug-likeness (QED) is 0.347. The molecule has 1 fully saturated rings. The molecule has 10 heteroatoms. The smallest absolute Gasteiger partial charge is 0.345 e. The van der Waals surface area contributed by atoms with E-state index in [9.17, 15) is 17.3 Å². The van der Waals surface area contributed by atoms with Gasteiger partial charge in [0.05, 0.1) is 0 Å². The first-order valence-electron chi connectivity index (χ1n) is 2.69. The van der Waals surface area contributed by atoms with Crippen LogP contribution in [-0.4, -0.2) is 28.1 Å². The van der Waals surface area contributed by atoms with Gasteiger partial charge in [-0.3, -0.25) is 0 Å². The molecule has 0 saturated carbocycles. The topological polar surface area (TPSA) is 24.1 Å². The van der Waals surface area contributed by atoms with E-state index in [0.717, 1.165) is 0 Å². The summed E-state index contributed by atoms with van der Waals surface area (Å²) in [5.41, 5.74) is 0. The van der Waals surface area contributed by atoms with Crippen molar-refractivity contribution in [3.63, 3.8) is 0 Å². The van der Waals surface area contributed by atoms with Crippen LogP contribution in [0, 0.1) is 0 Å². The summed E-state index contributed by atoms with van der Waals surface area (Å²) in [5, 5.41) is 2.87. The monoisotopic (exact) mass is 150 g/mol. The highest BCUT2D eigenvalue weighted by atomic mass is 19.1. The Hall–Kier alpha value is -0.100. The summed E-state index contributed by atoms with van der Waals surface area (Å²) in [6.07, 6.45) is 0. The molecular formula is H2B4F4N2. The third-order valence-electron chi connectivity index (χ3n) is 1.15. The molecular weight excluding hydrogens is 147 g/mol. The molecule has 0 unspecified atom stereocenters. The number of halogens is 4. The molecule has 0 aliphatic carbocycles. The SMILES string of the molecule is FB1NB(F)B(F)NB1F. The maximum absolute atomic E-state index is 12.0. The third kappa shape index (κ3) is 1.49. The van der Waals surface area contributed by atoms with Gasteiger partial charge in [-0.2, -0.15) is 0 Å². The number of hydrogen-bond donors (Lipinski definition) is 2. The second-order valence-corrected chi connectivity index (χ2v) is 1.94. The highest BCUT2D eigenvalue weighted by molar-refractivity contribution is 7.31. The van der Waals surface area contributed by atoms with Crippen LogP contribution >= 0.6 is 0 Å². The van der Waals surface area contributed by atoms with E-state index in [4.69, 9.17) is 0 Å². The summed E-state index contributed by atoms with van der Waals surface area (Å²) in [6, 6.07) is 0. The van der Waals surface area contributed by atoms with Crippen molar-refractivity contribution in [1.82, 2.24) is 10.3 Å². The number of hydrogen-bond acceptors (Lipinski definition) is 2. The van der Waals surface area contributed by atoms with E-state index in [1.165, 1.54) is 10.3 Å². The van der Waals surface area contributed by atoms with Crippen LogP contribution in [0.5, 0.6) is 0 Å². The minimum Gasteiger partial charge on any atom is -0.345 e. The Morgan fingerprint density at radius 1 is 0.600 bits per heavy atom. The highest BCUT2D eigenvalue weighted by Crippen LogP contribution is 2.00. The molecule has 1 saturated heterocycles. The van der Waals surface area contributed by atoms with Crippen molar-refractivity contribution >= 4 is 28.1 Å². The zero-order chi connectivity index (χ0) is 7.72. The molecule has 10 heavy (non-hydrogen) atoms. The van der Waals surface area contributed by atoms with Crippen LogP contribution < -0.4 is 10.3 Å². The van der Waals surface area contributed by atoms with Crippen molar-refractivity contribution in [2.24, 2.45) is 0 Å². The lowest BCUT2D eigenvalue weighted by atomic mass is 9.29. The Morgan fingerprint density at radius 2 is 0.800 bits per heavy atom. The van der Waals surface area contributed by atoms with Gasteiger partial charge in [-0.1, -0.05) is 0 Å². The van der Waals surface area contributed by atoms with Gasteiger partial charge in [-0.25, -0.2) is 0 Å². The Bertz CT molecular complexity index is 95.8. The first-order valence-corrected chi connectivity index (χ1v) is 2.69. The van der Waals surface area contributed by atoms with Gasteiger partial charge in [-0.15, -0.1) is 0 Å². The minimum absolute atomic E-state index is 1.43. The lowest BCUT2D eigenvalue weighted by Gasteiger charge is -2.18. The van der Waals surface area contributed by atoms with Crippen LogP contribution in [0.4, 0.5) is 17.3 Å². The second-order valence-electron chi connectivity index (χ2n) is 1.94. The van der Waals surface area contributed by atoms with E-state index in [0.29, 0.717) is 0 Å². The fraction of sp³-hybridized carbons (Fsp3) is 0. The zero-order valence-corrected chi connectivity index (χ0v) is 4.82. The van der Waals surface area contributed by atoms with Crippen molar-refractivity contribution < 1.29 is 17.3 Å². The maximum atomic E-state index is 12.0. The van der Waals surface area contributed by atoms with E-state index in [2.05, 4.69) is 0 Å². The van der Waals surface area contributed by atoms with Crippen molar-refractivity contribution in [3.8, 4) is 0 Å². The van der Waals surface area contributed by atoms with Gasteiger partial charge in [-0.05, 0) is 0 Å². The minimum atomic E-state index is -2.18. The molecule has 2 N–H and O–H groups in total. The molecule has 0 aromatic rings. The molecule has 2 nitrogen and oxygen atoms in total. The molecule has 0 spiro atoms. The molecule has 1 rings (SSSR count). The van der Waals surface area contributed by atoms with Crippen LogP contribution in [0.1, 0.15) is 0 Å². The Labute approximate surface area is 56.7 Å². The molecule has 0 amide bonds. The van der Waals surface area contributed by atoms with E-state index in [-0.39, 0.29) is 0 Å². The molecule has 0 bridgehead atoms. The predicted molar refractivity (Wildman–Crippen MR) is 33.7 cm³/mol. The van der Waals surface area contributed by atoms with Crippen molar-refractivity contribution in [2.45, 2.75) is 0 Å². The largest absolute Gasteiger partial charge is 0.441 e. The summed E-state index contributed by atoms with van der Waals surface area (Å²) in [4.78, 5) is 0. The summed E-state index contributed by atoms with van der Waals surface area (Å²) in [6.45, 7) is 0. The molecule has 0 radical (unpaired) electrons. The van der Waals surface area contributed by atoms with E-state index in [1.54, 1.807) is 0 Å². The summed E-state index contributed by atoms with van der Waals surface area (Å²) >= 11 is 0. The highest BCUT2D eigenvalue weighted by Gasteiger charge is 2.50. The van der Waals surface area contributed by atoms with Crippen LogP contribution in [-0.2, 0) is 0 Å². The van der Waals surface area contributed by atoms with Crippen LogP contribution in [0.25, 0.3) is 0 Å². The predicted octanol–water partition coefficient (Wildman–Crippen LogP) is -0.833. The summed E-state index contributed by atoms with van der Waals surface area (Å²) in [5.74, 6) is 0. The third-order valence-corrected chi connectivity index (χ3v) is 1.15. The van der Waals surface area contributed by atoms with Gasteiger partial charge in [0.25, 0.3) is 0 Å². The van der Waals surface area contributed by atoms with Crippen LogP contribution in [0.2, 0.25) is 0 Å². The van der Waals surface area contributed by atoms with Gasteiger partial charge in [0.2, 0.25) is 0 Å². The molecule has 0 aromatic heterocycles. The lowest BCUT2D eigenvalue weighted by molar-refractivity contribution is 0.729. The van der Waals surface area contributed by atoms with Crippen molar-refractivity contribution in [3.05, 3.63) is 0 Å². The molecule has 1 aliphatic rings. The van der Waals surface area contributed by atoms with Crippen LogP contribution in [0.3, 0.4) is 0 Å². The lowest BCUT2D eigenvalue weighted by Crippen LogP contribution is -2.70. The van der Waals surface area contributed by atoms with E-state index in [1.807, 2.05) is 0 Å². The Kier molecular flexibility index (Phi) is 2.30. The average molecular weight is 149 g/mol. The first-order chi connectivity index (χ1) is 4.61. The Balaban J connectivity index is 2.46. The molecule has 0 atom stereocenters. The molecule has 0 aromatic carbocycles. The standard InChI is InChI=1S/B4F4H2N2/c5-1-2(6)10-4(8)3(7)9-1/h9-10H. The van der Waals surface area contributed by atoms with E-state index < -0.39 is 28.1 Å². The maximum Gasteiger partial charge on any atom is 0.441 e. The van der Waals surface area contributed by atoms with Gasteiger partial charge in [0.15, 0.2) is 0 Å². The number of nitrogens with one attached hydrogen (secondary N) is 2. The van der Waals surface area contributed by atoms with Crippen molar-refractivity contribution in [1.29, 1.82) is 0 Å². The fourth-order valence-corrected chi connectivity index (χ4v) is 0.642. The van der Waals surface area contributed by atoms with Gasteiger partial charge in [0.1, 0.15) is 0 Å². The molecule has 1 aliphatic heterocycles. The van der Waals surface area contributed by atoms with Gasteiger partial charge >= 0.3 is 28.1 Å². The Morgan fingerprint density at radius 3 is 1.00 bits per heavy atom. The zero-order valence-electron chi connectivity index (χ0n) is 4.82. The average Bonchev–Trinajstić information content (AvgIpc) is 1.84.